The van der Waals surface area contributed by atoms with Crippen molar-refractivity contribution in [2.45, 2.75) is 19.4 Å². The van der Waals surface area contributed by atoms with Gasteiger partial charge in [0.2, 0.25) is 5.13 Å². The van der Waals surface area contributed by atoms with Crippen LogP contribution in [0.5, 0.6) is 0 Å². The number of hydrogen-bond acceptors (Lipinski definition) is 4. The summed E-state index contributed by atoms with van der Waals surface area (Å²) in [7, 11) is 0. The van der Waals surface area contributed by atoms with Crippen molar-refractivity contribution in [2.75, 3.05) is 5.01 Å². The third-order valence-corrected chi connectivity index (χ3v) is 5.43. The summed E-state index contributed by atoms with van der Waals surface area (Å²) >= 11 is 5.15. The number of benzene rings is 2. The molecule has 2 heterocycles. The van der Waals surface area contributed by atoms with E-state index in [1.165, 1.54) is 5.56 Å². The highest BCUT2D eigenvalue weighted by atomic mass is 79.9. The normalized spacial score (nSPS) is 17.2. The number of halogens is 1. The van der Waals surface area contributed by atoms with E-state index in [1.807, 2.05) is 18.2 Å². The first-order valence-corrected chi connectivity index (χ1v) is 9.48. The molecular formula is C19H16BrN3S. The molecule has 0 bridgehead atoms. The van der Waals surface area contributed by atoms with Crippen LogP contribution in [0.4, 0.5) is 5.13 Å². The molecule has 1 aliphatic rings. The second-order valence-corrected chi connectivity index (χ2v) is 7.58. The van der Waals surface area contributed by atoms with Gasteiger partial charge in [-0.15, -0.1) is 11.3 Å². The zero-order chi connectivity index (χ0) is 16.5. The van der Waals surface area contributed by atoms with Gasteiger partial charge in [-0.1, -0.05) is 58.4 Å². The Bertz CT molecular complexity index is 871. The van der Waals surface area contributed by atoms with Gasteiger partial charge in [0.15, 0.2) is 0 Å². The van der Waals surface area contributed by atoms with Gasteiger partial charge in [0.05, 0.1) is 11.7 Å². The fourth-order valence-corrected chi connectivity index (χ4v) is 3.99. The van der Waals surface area contributed by atoms with E-state index < -0.39 is 0 Å². The summed E-state index contributed by atoms with van der Waals surface area (Å²) in [5.41, 5.74) is 4.54. The fourth-order valence-electron chi connectivity index (χ4n) is 2.89. The van der Waals surface area contributed by atoms with Gasteiger partial charge >= 0.3 is 0 Å². The van der Waals surface area contributed by atoms with Crippen LogP contribution >= 0.6 is 27.3 Å². The van der Waals surface area contributed by atoms with Crippen LogP contribution in [0, 0.1) is 0 Å². The van der Waals surface area contributed by atoms with Crippen molar-refractivity contribution in [2.24, 2.45) is 5.10 Å². The number of aromatic nitrogens is 1. The van der Waals surface area contributed by atoms with Crippen LogP contribution in [0.25, 0.3) is 11.3 Å². The molecule has 1 aliphatic heterocycles. The molecule has 3 aromatic rings. The number of anilines is 1. The van der Waals surface area contributed by atoms with E-state index in [0.29, 0.717) is 0 Å². The number of thiazole rings is 1. The van der Waals surface area contributed by atoms with Crippen LogP contribution in [0.1, 0.15) is 24.9 Å². The Morgan fingerprint density at radius 2 is 1.83 bits per heavy atom. The summed E-state index contributed by atoms with van der Waals surface area (Å²) in [6.07, 6.45) is 0.932. The topological polar surface area (TPSA) is 28.5 Å². The molecule has 24 heavy (non-hydrogen) atoms. The summed E-state index contributed by atoms with van der Waals surface area (Å²) in [5.74, 6) is 0. The summed E-state index contributed by atoms with van der Waals surface area (Å²) < 4.78 is 1.09. The van der Waals surface area contributed by atoms with E-state index in [-0.39, 0.29) is 6.04 Å². The van der Waals surface area contributed by atoms with Gasteiger partial charge in [-0.2, -0.15) is 5.10 Å². The molecule has 0 N–H and O–H groups in total. The monoisotopic (exact) mass is 397 g/mol. The molecule has 1 atom stereocenters. The maximum absolute atomic E-state index is 4.82. The highest BCUT2D eigenvalue weighted by molar-refractivity contribution is 9.10. The molecule has 0 saturated heterocycles. The molecule has 120 valence electrons. The zero-order valence-electron chi connectivity index (χ0n) is 13.2. The second kappa shape index (κ2) is 6.49. The van der Waals surface area contributed by atoms with E-state index in [1.54, 1.807) is 11.3 Å². The summed E-state index contributed by atoms with van der Waals surface area (Å²) in [6, 6.07) is 19.0. The van der Waals surface area contributed by atoms with Gasteiger partial charge in [0.25, 0.3) is 0 Å². The maximum atomic E-state index is 4.82. The molecule has 0 amide bonds. The molecule has 0 aliphatic carbocycles. The van der Waals surface area contributed by atoms with E-state index in [9.17, 15) is 0 Å². The van der Waals surface area contributed by atoms with E-state index in [2.05, 4.69) is 69.6 Å². The van der Waals surface area contributed by atoms with Gasteiger partial charge in [0, 0.05) is 27.5 Å². The molecule has 0 fully saturated rings. The Hall–Kier alpha value is -1.98. The van der Waals surface area contributed by atoms with Crippen molar-refractivity contribution >= 4 is 38.1 Å². The highest BCUT2D eigenvalue weighted by Gasteiger charge is 2.29. The van der Waals surface area contributed by atoms with Crippen LogP contribution in [0.15, 0.2) is 69.6 Å². The van der Waals surface area contributed by atoms with E-state index >= 15 is 0 Å². The number of rotatable bonds is 3. The van der Waals surface area contributed by atoms with Crippen LogP contribution in [-0.4, -0.2) is 10.7 Å². The van der Waals surface area contributed by atoms with Crippen molar-refractivity contribution in [3.63, 3.8) is 0 Å². The van der Waals surface area contributed by atoms with E-state index in [4.69, 9.17) is 10.1 Å². The molecule has 3 nitrogen and oxygen atoms in total. The first-order valence-electron chi connectivity index (χ1n) is 7.80. The maximum Gasteiger partial charge on any atom is 0.207 e. The van der Waals surface area contributed by atoms with Crippen LogP contribution < -0.4 is 5.01 Å². The minimum atomic E-state index is 0.216. The first kappa shape index (κ1) is 15.5. The average Bonchev–Trinajstić information content (AvgIpc) is 3.23. The van der Waals surface area contributed by atoms with E-state index in [0.717, 1.165) is 33.0 Å². The third-order valence-electron chi connectivity index (χ3n) is 4.07. The van der Waals surface area contributed by atoms with Crippen molar-refractivity contribution in [3.8, 4) is 11.3 Å². The Labute approximate surface area is 153 Å². The van der Waals surface area contributed by atoms with Crippen molar-refractivity contribution in [1.82, 2.24) is 4.98 Å². The quantitative estimate of drug-likeness (QED) is 0.550. The smallest absolute Gasteiger partial charge is 0.207 e. The lowest BCUT2D eigenvalue weighted by Crippen LogP contribution is -2.18. The van der Waals surface area contributed by atoms with Crippen molar-refractivity contribution in [3.05, 3.63) is 70.0 Å². The first-order chi connectivity index (χ1) is 11.7. The molecule has 5 heteroatoms. The zero-order valence-corrected chi connectivity index (χ0v) is 15.6. The van der Waals surface area contributed by atoms with Gasteiger partial charge in [0.1, 0.15) is 0 Å². The molecule has 0 radical (unpaired) electrons. The average molecular weight is 398 g/mol. The molecule has 1 aromatic heterocycles. The number of nitrogens with zero attached hydrogens (tertiary/aromatic N) is 3. The molecule has 1 unspecified atom stereocenters. The molecule has 4 rings (SSSR count). The van der Waals surface area contributed by atoms with Crippen molar-refractivity contribution < 1.29 is 0 Å². The third kappa shape index (κ3) is 3.01. The Morgan fingerprint density at radius 3 is 2.58 bits per heavy atom. The number of hydrogen-bond donors (Lipinski definition) is 0. The predicted molar refractivity (Wildman–Crippen MR) is 105 cm³/mol. The van der Waals surface area contributed by atoms with Crippen molar-refractivity contribution in [1.29, 1.82) is 0 Å². The minimum absolute atomic E-state index is 0.216. The van der Waals surface area contributed by atoms with Gasteiger partial charge in [-0.05, 0) is 24.6 Å². The Balaban J connectivity index is 1.66. The largest absolute Gasteiger partial charge is 0.231 e. The summed E-state index contributed by atoms with van der Waals surface area (Å²) in [6.45, 7) is 2.08. The Morgan fingerprint density at radius 1 is 1.08 bits per heavy atom. The standard InChI is InChI=1S/C19H16BrN3S/c1-13-11-18(15-7-9-16(20)10-8-15)23(22-13)19-21-17(12-24-19)14-5-3-2-4-6-14/h2-10,12,18H,11H2,1H3. The highest BCUT2D eigenvalue weighted by Crippen LogP contribution is 2.38. The lowest BCUT2D eigenvalue weighted by Gasteiger charge is -2.21. The molecule has 2 aromatic carbocycles. The lowest BCUT2D eigenvalue weighted by atomic mass is 10.0. The Kier molecular flexibility index (Phi) is 4.21. The molecule has 0 saturated carbocycles. The predicted octanol–water partition coefficient (Wildman–Crippen LogP) is 5.90. The SMILES string of the molecule is CC1=NN(c2nc(-c3ccccc3)cs2)C(c2ccc(Br)cc2)C1. The van der Waals surface area contributed by atoms with Crippen LogP contribution in [0.3, 0.4) is 0 Å². The summed E-state index contributed by atoms with van der Waals surface area (Å²) in [4.78, 5) is 4.82. The molecule has 0 spiro atoms. The molecular weight excluding hydrogens is 382 g/mol. The van der Waals surface area contributed by atoms with Crippen LogP contribution in [0.2, 0.25) is 0 Å². The van der Waals surface area contributed by atoms with Gasteiger partial charge in [-0.3, -0.25) is 0 Å². The van der Waals surface area contributed by atoms with Crippen LogP contribution in [-0.2, 0) is 0 Å². The summed E-state index contributed by atoms with van der Waals surface area (Å²) in [5, 5.41) is 9.84. The van der Waals surface area contributed by atoms with Gasteiger partial charge < -0.3 is 0 Å². The number of hydrazone groups is 1. The fraction of sp³-hybridized carbons (Fsp3) is 0.158. The minimum Gasteiger partial charge on any atom is -0.231 e. The lowest BCUT2D eigenvalue weighted by molar-refractivity contribution is 0.706. The second-order valence-electron chi connectivity index (χ2n) is 5.83. The van der Waals surface area contributed by atoms with Gasteiger partial charge in [-0.25, -0.2) is 9.99 Å².